The molecule has 0 spiro atoms. The van der Waals surface area contributed by atoms with Crippen LogP contribution in [0.5, 0.6) is 0 Å². The van der Waals surface area contributed by atoms with Crippen LogP contribution in [0.15, 0.2) is 60.7 Å². The standard InChI is InChI=1S/C16H24O.C8H8O/c1-15(2,3)14(16(4,5)6)13(17)12-10-8-7-9-11-12;1-7(9)8-5-3-2-4-6-8/h7-11,14H,1-6H3;2-6H,1H3. The highest BCUT2D eigenvalue weighted by Crippen LogP contribution is 2.41. The molecule has 0 amide bonds. The second-order valence-electron chi connectivity index (χ2n) is 8.82. The van der Waals surface area contributed by atoms with Crippen molar-refractivity contribution in [1.29, 1.82) is 0 Å². The van der Waals surface area contributed by atoms with Crippen molar-refractivity contribution in [2.24, 2.45) is 16.7 Å². The number of ketones is 2. The van der Waals surface area contributed by atoms with Gasteiger partial charge in [-0.05, 0) is 17.8 Å². The molecule has 0 unspecified atom stereocenters. The van der Waals surface area contributed by atoms with E-state index < -0.39 is 0 Å². The molecule has 0 bridgehead atoms. The van der Waals surface area contributed by atoms with Gasteiger partial charge in [0, 0.05) is 17.0 Å². The van der Waals surface area contributed by atoms with Crippen LogP contribution in [-0.4, -0.2) is 11.6 Å². The Balaban J connectivity index is 0.000000314. The molecular formula is C24H32O2. The molecule has 140 valence electrons. The van der Waals surface area contributed by atoms with Gasteiger partial charge >= 0.3 is 0 Å². The van der Waals surface area contributed by atoms with Crippen LogP contribution in [0.4, 0.5) is 0 Å². The topological polar surface area (TPSA) is 34.1 Å². The van der Waals surface area contributed by atoms with Crippen molar-refractivity contribution in [3.8, 4) is 0 Å². The first kappa shape index (κ1) is 21.8. The molecule has 0 aromatic heterocycles. The molecule has 0 atom stereocenters. The van der Waals surface area contributed by atoms with E-state index in [9.17, 15) is 9.59 Å². The summed E-state index contributed by atoms with van der Waals surface area (Å²) < 4.78 is 0. The zero-order valence-corrected chi connectivity index (χ0v) is 17.2. The van der Waals surface area contributed by atoms with E-state index in [1.54, 1.807) is 6.92 Å². The quantitative estimate of drug-likeness (QED) is 0.593. The monoisotopic (exact) mass is 352 g/mol. The van der Waals surface area contributed by atoms with Gasteiger partial charge in [0.2, 0.25) is 0 Å². The van der Waals surface area contributed by atoms with Gasteiger partial charge in [-0.15, -0.1) is 0 Å². The van der Waals surface area contributed by atoms with Crippen molar-refractivity contribution in [2.75, 3.05) is 0 Å². The summed E-state index contributed by atoms with van der Waals surface area (Å²) in [5.41, 5.74) is 1.55. The number of Topliss-reactive ketones (excluding diaryl/α,β-unsaturated/α-hetero) is 2. The third kappa shape index (κ3) is 6.59. The van der Waals surface area contributed by atoms with Crippen LogP contribution in [0.3, 0.4) is 0 Å². The Morgan fingerprint density at radius 1 is 0.654 bits per heavy atom. The third-order valence-corrected chi connectivity index (χ3v) is 4.23. The fraction of sp³-hybridized carbons (Fsp3) is 0.417. The van der Waals surface area contributed by atoms with E-state index in [1.165, 1.54) is 0 Å². The molecule has 2 heteroatoms. The van der Waals surface area contributed by atoms with Gasteiger partial charge in [0.15, 0.2) is 11.6 Å². The molecule has 0 fully saturated rings. The number of hydrogen-bond acceptors (Lipinski definition) is 2. The highest BCUT2D eigenvalue weighted by atomic mass is 16.1. The van der Waals surface area contributed by atoms with Gasteiger partial charge in [0.1, 0.15) is 0 Å². The maximum atomic E-state index is 12.6. The van der Waals surface area contributed by atoms with Crippen molar-refractivity contribution in [2.45, 2.75) is 48.5 Å². The van der Waals surface area contributed by atoms with Crippen LogP contribution in [-0.2, 0) is 0 Å². The van der Waals surface area contributed by atoms with Crippen molar-refractivity contribution >= 4 is 11.6 Å². The smallest absolute Gasteiger partial charge is 0.166 e. The average molecular weight is 353 g/mol. The lowest BCUT2D eigenvalue weighted by Crippen LogP contribution is -2.38. The Morgan fingerprint density at radius 2 is 1.00 bits per heavy atom. The summed E-state index contributed by atoms with van der Waals surface area (Å²) in [6.45, 7) is 14.4. The molecule has 2 aromatic carbocycles. The second-order valence-corrected chi connectivity index (χ2v) is 8.82. The Bertz CT molecular complexity index is 687. The lowest BCUT2D eigenvalue weighted by atomic mass is 9.64. The van der Waals surface area contributed by atoms with Crippen LogP contribution in [0.2, 0.25) is 0 Å². The first-order valence-electron chi connectivity index (χ1n) is 9.10. The highest BCUT2D eigenvalue weighted by molar-refractivity contribution is 5.98. The molecule has 2 nitrogen and oxygen atoms in total. The summed E-state index contributed by atoms with van der Waals surface area (Å²) in [6, 6.07) is 18.8. The predicted octanol–water partition coefficient (Wildman–Crippen LogP) is 6.47. The van der Waals surface area contributed by atoms with Crippen molar-refractivity contribution in [3.05, 3.63) is 71.8 Å². The maximum absolute atomic E-state index is 12.6. The molecule has 2 rings (SSSR count). The van der Waals surface area contributed by atoms with Gasteiger partial charge in [-0.25, -0.2) is 0 Å². The molecular weight excluding hydrogens is 320 g/mol. The number of carbonyl (C=O) groups is 2. The van der Waals surface area contributed by atoms with Gasteiger partial charge in [0.25, 0.3) is 0 Å². The Morgan fingerprint density at radius 3 is 1.27 bits per heavy atom. The molecule has 0 N–H and O–H groups in total. The van der Waals surface area contributed by atoms with Gasteiger partial charge in [-0.3, -0.25) is 9.59 Å². The van der Waals surface area contributed by atoms with E-state index in [0.717, 1.165) is 11.1 Å². The molecule has 0 saturated heterocycles. The first-order valence-corrected chi connectivity index (χ1v) is 9.10. The molecule has 0 aliphatic rings. The number of rotatable bonds is 3. The van der Waals surface area contributed by atoms with Crippen molar-refractivity contribution in [1.82, 2.24) is 0 Å². The fourth-order valence-corrected chi connectivity index (χ4v) is 3.53. The summed E-state index contributed by atoms with van der Waals surface area (Å²) in [6.07, 6.45) is 0. The van der Waals surface area contributed by atoms with E-state index in [1.807, 2.05) is 60.7 Å². The average Bonchev–Trinajstić information content (AvgIpc) is 2.54. The van der Waals surface area contributed by atoms with Crippen LogP contribution < -0.4 is 0 Å². The Labute approximate surface area is 158 Å². The predicted molar refractivity (Wildman–Crippen MR) is 110 cm³/mol. The van der Waals surface area contributed by atoms with Crippen LogP contribution in [0, 0.1) is 16.7 Å². The number of carbonyl (C=O) groups excluding carboxylic acids is 2. The van der Waals surface area contributed by atoms with Gasteiger partial charge in [-0.2, -0.15) is 0 Å². The van der Waals surface area contributed by atoms with Gasteiger partial charge < -0.3 is 0 Å². The van der Waals surface area contributed by atoms with Crippen LogP contribution >= 0.6 is 0 Å². The highest BCUT2D eigenvalue weighted by Gasteiger charge is 2.40. The lowest BCUT2D eigenvalue weighted by Gasteiger charge is -2.39. The SMILES string of the molecule is CC(=O)c1ccccc1.CC(C)(C)C(C(=O)c1ccccc1)C(C)(C)C. The molecule has 0 saturated carbocycles. The van der Waals surface area contributed by atoms with Gasteiger partial charge in [0.05, 0.1) is 0 Å². The minimum atomic E-state index is -0.0226. The number of benzene rings is 2. The lowest BCUT2D eigenvalue weighted by molar-refractivity contribution is 0.0585. The zero-order chi connectivity index (χ0) is 20.0. The van der Waals surface area contributed by atoms with Crippen molar-refractivity contribution < 1.29 is 9.59 Å². The first-order chi connectivity index (χ1) is 11.9. The molecule has 2 aromatic rings. The molecule has 26 heavy (non-hydrogen) atoms. The summed E-state index contributed by atoms with van der Waals surface area (Å²) in [4.78, 5) is 23.3. The van der Waals surface area contributed by atoms with E-state index in [0.29, 0.717) is 0 Å². The third-order valence-electron chi connectivity index (χ3n) is 4.23. The van der Waals surface area contributed by atoms with E-state index in [4.69, 9.17) is 0 Å². The maximum Gasteiger partial charge on any atom is 0.166 e. The van der Waals surface area contributed by atoms with Crippen LogP contribution in [0.25, 0.3) is 0 Å². The van der Waals surface area contributed by atoms with Crippen LogP contribution in [0.1, 0.15) is 69.2 Å². The normalized spacial score (nSPS) is 11.5. The molecule has 0 heterocycles. The summed E-state index contributed by atoms with van der Waals surface area (Å²) in [5.74, 6) is 0.401. The second kappa shape index (κ2) is 8.93. The Kier molecular flexibility index (Phi) is 7.50. The summed E-state index contributed by atoms with van der Waals surface area (Å²) >= 11 is 0. The van der Waals surface area contributed by atoms with E-state index >= 15 is 0 Å². The summed E-state index contributed by atoms with van der Waals surface area (Å²) in [5, 5.41) is 0. The molecule has 0 radical (unpaired) electrons. The van der Waals surface area contributed by atoms with Crippen molar-refractivity contribution in [3.63, 3.8) is 0 Å². The Hall–Kier alpha value is -2.22. The summed E-state index contributed by atoms with van der Waals surface area (Å²) in [7, 11) is 0. The fourth-order valence-electron chi connectivity index (χ4n) is 3.53. The number of hydrogen-bond donors (Lipinski definition) is 0. The van der Waals surface area contributed by atoms with E-state index in [2.05, 4.69) is 41.5 Å². The van der Waals surface area contributed by atoms with Gasteiger partial charge in [-0.1, -0.05) is 102 Å². The van der Waals surface area contributed by atoms with E-state index in [-0.39, 0.29) is 28.3 Å². The minimum Gasteiger partial charge on any atom is -0.295 e. The molecule has 0 aliphatic heterocycles. The largest absolute Gasteiger partial charge is 0.295 e. The minimum absolute atomic E-state index is 0.0226. The zero-order valence-electron chi connectivity index (χ0n) is 17.2. The molecule has 0 aliphatic carbocycles.